The maximum atomic E-state index is 9.51. The predicted octanol–water partition coefficient (Wildman–Crippen LogP) is 5.16. The van der Waals surface area contributed by atoms with Crippen LogP contribution in [0.5, 0.6) is 0 Å². The van der Waals surface area contributed by atoms with Gasteiger partial charge in [0.25, 0.3) is 0 Å². The summed E-state index contributed by atoms with van der Waals surface area (Å²) in [5.74, 6) is 1.80. The van der Waals surface area contributed by atoms with Gasteiger partial charge in [-0.3, -0.25) is 0 Å². The van der Waals surface area contributed by atoms with Crippen LogP contribution in [0.3, 0.4) is 0 Å². The normalized spacial score (nSPS) is 23.6. The summed E-state index contributed by atoms with van der Waals surface area (Å²) in [7, 11) is 0. The molecule has 3 heteroatoms. The van der Waals surface area contributed by atoms with E-state index >= 15 is 0 Å². The van der Waals surface area contributed by atoms with Gasteiger partial charge in [0.1, 0.15) is 0 Å². The first-order valence-electron chi connectivity index (χ1n) is 9.53. The van der Waals surface area contributed by atoms with Gasteiger partial charge < -0.3 is 10.2 Å². The summed E-state index contributed by atoms with van der Waals surface area (Å²) in [6.45, 7) is 2.33. The third-order valence-corrected chi connectivity index (χ3v) is 6.55. The molecule has 1 unspecified atom stereocenters. The number of hydrogen-bond donors (Lipinski definition) is 2. The third-order valence-electron chi connectivity index (χ3n) is 5.03. The Morgan fingerprint density at radius 1 is 0.818 bits per heavy atom. The molecule has 22 heavy (non-hydrogen) atoms. The molecule has 0 radical (unpaired) electrons. The van der Waals surface area contributed by atoms with Crippen LogP contribution < -0.4 is 0 Å². The fourth-order valence-electron chi connectivity index (χ4n) is 3.46. The lowest BCUT2D eigenvalue weighted by atomic mass is 9.81. The molecule has 0 aromatic carbocycles. The molecule has 132 valence electrons. The van der Waals surface area contributed by atoms with Crippen LogP contribution in [0.25, 0.3) is 0 Å². The summed E-state index contributed by atoms with van der Waals surface area (Å²) in [4.78, 5) is 0. The lowest BCUT2D eigenvalue weighted by molar-refractivity contribution is 0.113. The quantitative estimate of drug-likeness (QED) is 0.731. The van der Waals surface area contributed by atoms with Crippen molar-refractivity contribution in [3.8, 4) is 0 Å². The van der Waals surface area contributed by atoms with E-state index in [9.17, 15) is 5.11 Å². The second-order valence-corrected chi connectivity index (χ2v) is 8.58. The van der Waals surface area contributed by atoms with E-state index in [-0.39, 0.29) is 6.61 Å². The van der Waals surface area contributed by atoms with Gasteiger partial charge in [-0.25, -0.2) is 0 Å². The molecule has 1 aliphatic carbocycles. The molecule has 1 saturated carbocycles. The van der Waals surface area contributed by atoms with E-state index < -0.39 is 6.10 Å². The second-order valence-electron chi connectivity index (χ2n) is 7.55. The first kappa shape index (κ1) is 20.3. The molecule has 2 nitrogen and oxygen atoms in total. The average molecular weight is 331 g/mol. The smallest absolute Gasteiger partial charge is 0.0861 e. The van der Waals surface area contributed by atoms with Crippen molar-refractivity contribution in [2.24, 2.45) is 5.41 Å². The van der Waals surface area contributed by atoms with Crippen LogP contribution in [0.4, 0.5) is 0 Å². The number of hydrogen-bond acceptors (Lipinski definition) is 3. The zero-order valence-corrected chi connectivity index (χ0v) is 15.5. The van der Waals surface area contributed by atoms with Gasteiger partial charge in [0.05, 0.1) is 12.7 Å². The third kappa shape index (κ3) is 10.1. The molecule has 0 spiro atoms. The van der Waals surface area contributed by atoms with Crippen molar-refractivity contribution in [2.45, 2.75) is 96.5 Å². The van der Waals surface area contributed by atoms with Crippen LogP contribution in [0.15, 0.2) is 0 Å². The van der Waals surface area contributed by atoms with Crippen molar-refractivity contribution in [3.63, 3.8) is 0 Å². The molecule has 0 aromatic heterocycles. The summed E-state index contributed by atoms with van der Waals surface area (Å²) in [6.07, 6.45) is 17.6. The molecular weight excluding hydrogens is 292 g/mol. The number of thioether (sulfide) groups is 1. The van der Waals surface area contributed by atoms with Crippen LogP contribution in [0.1, 0.15) is 90.4 Å². The van der Waals surface area contributed by atoms with E-state index in [0.29, 0.717) is 11.2 Å². The lowest BCUT2D eigenvalue weighted by Gasteiger charge is -2.30. The fraction of sp³-hybridized carbons (Fsp3) is 1.00. The number of rotatable bonds is 5. The largest absolute Gasteiger partial charge is 0.394 e. The first-order chi connectivity index (χ1) is 10.7. The highest BCUT2D eigenvalue weighted by Crippen LogP contribution is 2.35. The van der Waals surface area contributed by atoms with Gasteiger partial charge in [-0.15, -0.1) is 0 Å². The van der Waals surface area contributed by atoms with E-state index in [0.717, 1.165) is 5.75 Å². The molecule has 0 amide bonds. The SMILES string of the molecule is CC1(CSCC(O)CO)CCCCCCCCCCCCC1. The summed E-state index contributed by atoms with van der Waals surface area (Å²) >= 11 is 1.83. The van der Waals surface area contributed by atoms with Crippen LogP contribution >= 0.6 is 11.8 Å². The molecule has 2 N–H and O–H groups in total. The molecule has 1 atom stereocenters. The Morgan fingerprint density at radius 3 is 1.64 bits per heavy atom. The van der Waals surface area contributed by atoms with Crippen LogP contribution in [0, 0.1) is 5.41 Å². The maximum Gasteiger partial charge on any atom is 0.0861 e. The van der Waals surface area contributed by atoms with Gasteiger partial charge >= 0.3 is 0 Å². The van der Waals surface area contributed by atoms with Crippen molar-refractivity contribution in [2.75, 3.05) is 18.1 Å². The van der Waals surface area contributed by atoms with Gasteiger partial charge in [0.15, 0.2) is 0 Å². The minimum absolute atomic E-state index is 0.107. The average Bonchev–Trinajstić information content (AvgIpc) is 2.51. The Balaban J connectivity index is 2.36. The molecule has 0 aromatic rings. The second kappa shape index (κ2) is 12.7. The molecule has 0 heterocycles. The minimum Gasteiger partial charge on any atom is -0.394 e. The van der Waals surface area contributed by atoms with Gasteiger partial charge in [-0.1, -0.05) is 77.6 Å². The highest BCUT2D eigenvalue weighted by atomic mass is 32.2. The van der Waals surface area contributed by atoms with E-state index in [1.54, 1.807) is 0 Å². The molecule has 1 rings (SSSR count). The summed E-state index contributed by atoms with van der Waals surface area (Å²) in [5.41, 5.74) is 0.421. The molecule has 0 saturated heterocycles. The molecule has 1 aliphatic rings. The van der Waals surface area contributed by atoms with E-state index in [1.165, 1.54) is 83.5 Å². The van der Waals surface area contributed by atoms with Gasteiger partial charge in [0.2, 0.25) is 0 Å². The van der Waals surface area contributed by atoms with E-state index in [1.807, 2.05) is 11.8 Å². The van der Waals surface area contributed by atoms with Gasteiger partial charge in [-0.2, -0.15) is 11.8 Å². The van der Waals surface area contributed by atoms with E-state index in [2.05, 4.69) is 6.92 Å². The number of aliphatic hydroxyl groups excluding tert-OH is 2. The van der Waals surface area contributed by atoms with E-state index in [4.69, 9.17) is 5.11 Å². The Labute approximate surface area is 142 Å². The predicted molar refractivity (Wildman–Crippen MR) is 98.5 cm³/mol. The highest BCUT2D eigenvalue weighted by molar-refractivity contribution is 7.99. The van der Waals surface area contributed by atoms with Crippen molar-refractivity contribution < 1.29 is 10.2 Å². The summed E-state index contributed by atoms with van der Waals surface area (Å²) in [5, 5.41) is 18.4. The fourth-order valence-corrected chi connectivity index (χ4v) is 4.73. The number of aliphatic hydroxyl groups is 2. The molecule has 1 fully saturated rings. The summed E-state index contributed by atoms with van der Waals surface area (Å²) in [6, 6.07) is 0. The topological polar surface area (TPSA) is 40.5 Å². The Kier molecular flexibility index (Phi) is 11.7. The van der Waals surface area contributed by atoms with Crippen LogP contribution in [-0.4, -0.2) is 34.4 Å². The van der Waals surface area contributed by atoms with Crippen LogP contribution in [0.2, 0.25) is 0 Å². The maximum absolute atomic E-state index is 9.51. The van der Waals surface area contributed by atoms with Crippen molar-refractivity contribution in [3.05, 3.63) is 0 Å². The monoisotopic (exact) mass is 330 g/mol. The van der Waals surface area contributed by atoms with Crippen molar-refractivity contribution >= 4 is 11.8 Å². The van der Waals surface area contributed by atoms with Gasteiger partial charge in [0, 0.05) is 5.75 Å². The first-order valence-corrected chi connectivity index (χ1v) is 10.7. The summed E-state index contributed by atoms with van der Waals surface area (Å²) < 4.78 is 0. The lowest BCUT2D eigenvalue weighted by Crippen LogP contribution is -2.22. The van der Waals surface area contributed by atoms with Crippen LogP contribution in [-0.2, 0) is 0 Å². The Morgan fingerprint density at radius 2 is 1.23 bits per heavy atom. The molecule has 0 aliphatic heterocycles. The molecular formula is C19H38O2S. The molecule has 0 bridgehead atoms. The zero-order chi connectivity index (χ0) is 16.1. The Hall–Kier alpha value is 0.270. The standard InChI is InChI=1S/C19H38O2S/c1-19(17-22-16-18(21)15-20)13-11-9-7-5-3-2-4-6-8-10-12-14-19/h18,20-21H,2-17H2,1H3. The Bertz CT molecular complexity index is 244. The zero-order valence-electron chi connectivity index (χ0n) is 14.7. The van der Waals surface area contributed by atoms with Crippen molar-refractivity contribution in [1.29, 1.82) is 0 Å². The highest BCUT2D eigenvalue weighted by Gasteiger charge is 2.23. The van der Waals surface area contributed by atoms with Gasteiger partial charge in [-0.05, 0) is 24.0 Å². The van der Waals surface area contributed by atoms with Crippen molar-refractivity contribution in [1.82, 2.24) is 0 Å². The minimum atomic E-state index is -0.549.